The number of nitrogens with one attached hydrogen (secondary N) is 2. The van der Waals surface area contributed by atoms with Crippen molar-refractivity contribution in [1.29, 1.82) is 0 Å². The normalized spacial score (nSPS) is 16.1. The minimum Gasteiger partial charge on any atom is -0.419 e. The van der Waals surface area contributed by atoms with E-state index < -0.39 is 34.8 Å². The SMILES string of the molecule is CNc1c(F)c(NC)c2c(c1F)OC(=O)C(=C(C)CN)C2=O. The van der Waals surface area contributed by atoms with Crippen molar-refractivity contribution in [2.24, 2.45) is 5.73 Å². The Bertz CT molecular complexity index is 714. The first-order chi connectivity index (χ1) is 10.4. The van der Waals surface area contributed by atoms with E-state index in [9.17, 15) is 18.4 Å². The van der Waals surface area contributed by atoms with Crippen molar-refractivity contribution in [3.63, 3.8) is 0 Å². The van der Waals surface area contributed by atoms with Gasteiger partial charge in [-0.15, -0.1) is 0 Å². The van der Waals surface area contributed by atoms with Crippen LogP contribution in [0.3, 0.4) is 0 Å². The first-order valence-corrected chi connectivity index (χ1v) is 6.46. The van der Waals surface area contributed by atoms with Gasteiger partial charge >= 0.3 is 5.97 Å². The lowest BCUT2D eigenvalue weighted by atomic mass is 9.93. The third kappa shape index (κ3) is 2.12. The largest absolute Gasteiger partial charge is 0.419 e. The third-order valence-electron chi connectivity index (χ3n) is 3.42. The van der Waals surface area contributed by atoms with Crippen molar-refractivity contribution in [3.05, 3.63) is 28.3 Å². The van der Waals surface area contributed by atoms with Crippen LogP contribution >= 0.6 is 0 Å². The molecule has 0 saturated carbocycles. The second kappa shape index (κ2) is 5.72. The van der Waals surface area contributed by atoms with Crippen LogP contribution in [0.1, 0.15) is 17.3 Å². The maximum Gasteiger partial charge on any atom is 0.347 e. The van der Waals surface area contributed by atoms with Crippen molar-refractivity contribution >= 4 is 23.1 Å². The number of esters is 1. The van der Waals surface area contributed by atoms with Crippen LogP contribution in [-0.2, 0) is 4.79 Å². The van der Waals surface area contributed by atoms with Crippen LogP contribution in [0.15, 0.2) is 11.1 Å². The number of fused-ring (bicyclic) bond motifs is 1. The zero-order chi connectivity index (χ0) is 16.6. The molecule has 0 aromatic heterocycles. The van der Waals surface area contributed by atoms with Crippen LogP contribution < -0.4 is 21.1 Å². The molecule has 22 heavy (non-hydrogen) atoms. The molecule has 0 unspecified atom stereocenters. The number of carbonyl (C=O) groups is 2. The zero-order valence-electron chi connectivity index (χ0n) is 12.3. The highest BCUT2D eigenvalue weighted by molar-refractivity contribution is 6.30. The van der Waals surface area contributed by atoms with Crippen molar-refractivity contribution < 1.29 is 23.1 Å². The van der Waals surface area contributed by atoms with Gasteiger partial charge in [0.25, 0.3) is 0 Å². The van der Waals surface area contributed by atoms with Gasteiger partial charge in [0.1, 0.15) is 11.3 Å². The van der Waals surface area contributed by atoms with Crippen molar-refractivity contribution in [3.8, 4) is 5.75 Å². The summed E-state index contributed by atoms with van der Waals surface area (Å²) in [5.41, 5.74) is 4.30. The Kier molecular flexibility index (Phi) is 4.14. The molecule has 1 aliphatic heterocycles. The minimum atomic E-state index is -1.14. The van der Waals surface area contributed by atoms with Crippen LogP contribution in [0.5, 0.6) is 5.75 Å². The minimum absolute atomic E-state index is 0.0556. The van der Waals surface area contributed by atoms with E-state index in [0.29, 0.717) is 0 Å². The predicted octanol–water partition coefficient (Wildman–Crippen LogP) is 1.43. The molecule has 1 aliphatic rings. The van der Waals surface area contributed by atoms with Crippen molar-refractivity contribution in [1.82, 2.24) is 0 Å². The summed E-state index contributed by atoms with van der Waals surface area (Å²) in [6.07, 6.45) is 0. The topological polar surface area (TPSA) is 93.4 Å². The second-order valence-electron chi connectivity index (χ2n) is 4.66. The molecule has 0 bridgehead atoms. The molecule has 0 fully saturated rings. The monoisotopic (exact) mass is 311 g/mol. The Morgan fingerprint density at radius 1 is 1.14 bits per heavy atom. The van der Waals surface area contributed by atoms with Gasteiger partial charge in [-0.05, 0) is 12.5 Å². The van der Waals surface area contributed by atoms with Gasteiger partial charge in [-0.2, -0.15) is 0 Å². The number of ether oxygens (including phenoxy) is 1. The van der Waals surface area contributed by atoms with E-state index in [1.165, 1.54) is 21.0 Å². The number of Topliss-reactive ketones (excluding diaryl/α,β-unsaturated/α-hetero) is 1. The van der Waals surface area contributed by atoms with Gasteiger partial charge in [-0.3, -0.25) is 4.79 Å². The first-order valence-electron chi connectivity index (χ1n) is 6.46. The highest BCUT2D eigenvalue weighted by atomic mass is 19.1. The number of rotatable bonds is 3. The van der Waals surface area contributed by atoms with Gasteiger partial charge in [0, 0.05) is 20.6 Å². The Morgan fingerprint density at radius 2 is 1.73 bits per heavy atom. The maximum atomic E-state index is 14.3. The molecule has 0 spiro atoms. The number of halogens is 2. The number of hydrogen-bond acceptors (Lipinski definition) is 6. The lowest BCUT2D eigenvalue weighted by Crippen LogP contribution is -2.30. The van der Waals surface area contributed by atoms with Crippen LogP contribution in [0, 0.1) is 11.6 Å². The molecule has 8 heteroatoms. The van der Waals surface area contributed by atoms with Gasteiger partial charge in [0.15, 0.2) is 17.4 Å². The molecule has 0 radical (unpaired) electrons. The number of ketones is 1. The second-order valence-corrected chi connectivity index (χ2v) is 4.66. The maximum absolute atomic E-state index is 14.3. The number of hydrogen-bond donors (Lipinski definition) is 3. The highest BCUT2D eigenvalue weighted by Crippen LogP contribution is 2.42. The number of benzene rings is 1. The summed E-state index contributed by atoms with van der Waals surface area (Å²) in [4.78, 5) is 24.4. The van der Waals surface area contributed by atoms with E-state index in [-0.39, 0.29) is 28.9 Å². The van der Waals surface area contributed by atoms with Gasteiger partial charge in [0.05, 0.1) is 11.3 Å². The summed E-state index contributed by atoms with van der Waals surface area (Å²) in [5.74, 6) is -4.54. The molecule has 0 atom stereocenters. The molecule has 1 aromatic carbocycles. The van der Waals surface area contributed by atoms with Crippen molar-refractivity contribution in [2.45, 2.75) is 6.92 Å². The average molecular weight is 311 g/mol. The van der Waals surface area contributed by atoms with Crippen LogP contribution in [-0.4, -0.2) is 32.4 Å². The molecule has 4 N–H and O–H groups in total. The highest BCUT2D eigenvalue weighted by Gasteiger charge is 2.39. The fourth-order valence-corrected chi connectivity index (χ4v) is 2.27. The number of carbonyl (C=O) groups excluding carboxylic acids is 2. The fraction of sp³-hybridized carbons (Fsp3) is 0.286. The summed E-state index contributed by atoms with van der Waals surface area (Å²) < 4.78 is 33.5. The molecule has 0 saturated heterocycles. The average Bonchev–Trinajstić information content (AvgIpc) is 2.49. The Labute approximate surface area is 125 Å². The molecular formula is C14H15F2N3O3. The Morgan fingerprint density at radius 3 is 2.23 bits per heavy atom. The Balaban J connectivity index is 2.85. The van der Waals surface area contributed by atoms with Crippen LogP contribution in [0.2, 0.25) is 0 Å². The van der Waals surface area contributed by atoms with Gasteiger partial charge in [-0.25, -0.2) is 13.6 Å². The van der Waals surface area contributed by atoms with Crippen LogP contribution in [0.25, 0.3) is 0 Å². The van der Waals surface area contributed by atoms with E-state index in [2.05, 4.69) is 10.6 Å². The van der Waals surface area contributed by atoms with Crippen LogP contribution in [0.4, 0.5) is 20.2 Å². The molecule has 1 heterocycles. The van der Waals surface area contributed by atoms with E-state index >= 15 is 0 Å². The third-order valence-corrected chi connectivity index (χ3v) is 3.42. The fourth-order valence-electron chi connectivity index (χ4n) is 2.27. The lowest BCUT2D eigenvalue weighted by Gasteiger charge is -2.23. The Hall–Kier alpha value is -2.48. The van der Waals surface area contributed by atoms with E-state index in [0.717, 1.165) is 0 Å². The summed E-state index contributed by atoms with van der Waals surface area (Å²) >= 11 is 0. The summed E-state index contributed by atoms with van der Waals surface area (Å²) in [6, 6.07) is 0. The quantitative estimate of drug-likeness (QED) is 0.338. The molecule has 6 nitrogen and oxygen atoms in total. The van der Waals surface area contributed by atoms with E-state index in [4.69, 9.17) is 10.5 Å². The summed E-state index contributed by atoms with van der Waals surface area (Å²) in [7, 11) is 2.68. The first kappa shape index (κ1) is 15.9. The summed E-state index contributed by atoms with van der Waals surface area (Å²) in [6.45, 7) is 1.42. The number of nitrogens with two attached hydrogens (primary N) is 1. The molecule has 2 rings (SSSR count). The van der Waals surface area contributed by atoms with Gasteiger partial charge in [-0.1, -0.05) is 0 Å². The molecule has 0 aliphatic carbocycles. The molecule has 1 aromatic rings. The van der Waals surface area contributed by atoms with E-state index in [1.54, 1.807) is 0 Å². The van der Waals surface area contributed by atoms with Gasteiger partial charge in [0.2, 0.25) is 5.78 Å². The van der Waals surface area contributed by atoms with Crippen molar-refractivity contribution in [2.75, 3.05) is 31.3 Å². The zero-order valence-corrected chi connectivity index (χ0v) is 12.3. The predicted molar refractivity (Wildman–Crippen MR) is 77.2 cm³/mol. The lowest BCUT2D eigenvalue weighted by molar-refractivity contribution is -0.130. The van der Waals surface area contributed by atoms with Gasteiger partial charge < -0.3 is 21.1 Å². The molecular weight excluding hydrogens is 296 g/mol. The summed E-state index contributed by atoms with van der Waals surface area (Å²) in [5, 5.41) is 4.84. The number of anilines is 2. The smallest absolute Gasteiger partial charge is 0.347 e. The standard InChI is InChI=1S/C14H15F2N3O3/c1-5(4-17)6-12(20)7-10(18-2)8(15)11(19-3)9(16)13(7)22-14(6)21/h18-19H,4,17H2,1-3H3. The molecule has 0 amide bonds. The van der Waals surface area contributed by atoms with E-state index in [1.807, 2.05) is 0 Å². The molecule has 118 valence electrons.